The Balaban J connectivity index is 1.89. The van der Waals surface area contributed by atoms with Gasteiger partial charge in [-0.15, -0.1) is 22.9 Å². The molecule has 0 spiro atoms. The Morgan fingerprint density at radius 1 is 1.30 bits per heavy atom. The minimum absolute atomic E-state index is 0.0168. The fraction of sp³-hybridized carbons (Fsp3) is 0.429. The Hall–Kier alpha value is -1.85. The molecule has 0 bridgehead atoms. The predicted molar refractivity (Wildman–Crippen MR) is 110 cm³/mol. The topological polar surface area (TPSA) is 40.6 Å². The van der Waals surface area contributed by atoms with Crippen molar-refractivity contribution in [3.05, 3.63) is 57.8 Å². The van der Waals surface area contributed by atoms with E-state index in [-0.39, 0.29) is 36.3 Å². The number of rotatable bonds is 6. The van der Waals surface area contributed by atoms with Crippen LogP contribution < -0.4 is 0 Å². The molecule has 4 nitrogen and oxygen atoms in total. The first-order chi connectivity index (χ1) is 13.1. The summed E-state index contributed by atoms with van der Waals surface area (Å²) in [5, 5.41) is 2.09. The molecule has 0 aliphatic carbocycles. The molecule has 0 saturated carbocycles. The normalized spacial score (nSPS) is 17.3. The van der Waals surface area contributed by atoms with Gasteiger partial charge in [-0.25, -0.2) is 0 Å². The SMILES string of the molecule is CC[C@@H](C)N(CC(=O)N1CCc2sccc2[C@H]1c1ccccc1)C(=O)CCl. The van der Waals surface area contributed by atoms with Crippen molar-refractivity contribution in [3.8, 4) is 0 Å². The van der Waals surface area contributed by atoms with Crippen LogP contribution in [-0.2, 0) is 16.0 Å². The second-order valence-electron chi connectivity index (χ2n) is 6.86. The van der Waals surface area contributed by atoms with Crippen molar-refractivity contribution in [2.75, 3.05) is 19.0 Å². The highest BCUT2D eigenvalue weighted by atomic mass is 35.5. The summed E-state index contributed by atoms with van der Waals surface area (Å²) in [5.74, 6) is -0.322. The minimum atomic E-state index is -0.191. The average Bonchev–Trinajstić information content (AvgIpc) is 3.19. The Bertz CT molecular complexity index is 792. The summed E-state index contributed by atoms with van der Waals surface area (Å²) in [4.78, 5) is 30.4. The van der Waals surface area contributed by atoms with Gasteiger partial charge in [0, 0.05) is 17.5 Å². The number of carbonyl (C=O) groups is 2. The van der Waals surface area contributed by atoms with Crippen LogP contribution in [0.1, 0.15) is 42.3 Å². The fourth-order valence-corrected chi connectivity index (χ4v) is 4.66. The lowest BCUT2D eigenvalue weighted by atomic mass is 9.93. The maximum atomic E-state index is 13.3. The number of halogens is 1. The molecule has 3 rings (SSSR count). The van der Waals surface area contributed by atoms with Crippen molar-refractivity contribution in [3.63, 3.8) is 0 Å². The van der Waals surface area contributed by atoms with Crippen LogP contribution in [0.3, 0.4) is 0 Å². The third-order valence-electron chi connectivity index (χ3n) is 5.26. The number of amides is 2. The summed E-state index contributed by atoms with van der Waals surface area (Å²) in [6.07, 6.45) is 1.64. The molecule has 0 unspecified atom stereocenters. The zero-order valence-corrected chi connectivity index (χ0v) is 17.3. The second-order valence-corrected chi connectivity index (χ2v) is 8.13. The van der Waals surface area contributed by atoms with Gasteiger partial charge in [0.15, 0.2) is 0 Å². The highest BCUT2D eigenvalue weighted by Crippen LogP contribution is 2.37. The average molecular weight is 405 g/mol. The summed E-state index contributed by atoms with van der Waals surface area (Å²) >= 11 is 7.53. The van der Waals surface area contributed by atoms with Crippen molar-refractivity contribution in [2.45, 2.75) is 38.8 Å². The summed E-state index contributed by atoms with van der Waals surface area (Å²) < 4.78 is 0. The van der Waals surface area contributed by atoms with Crippen LogP contribution in [0.2, 0.25) is 0 Å². The van der Waals surface area contributed by atoms with Crippen LogP contribution in [0.25, 0.3) is 0 Å². The Morgan fingerprint density at radius 2 is 2.04 bits per heavy atom. The van der Waals surface area contributed by atoms with Crippen LogP contribution in [0.15, 0.2) is 41.8 Å². The van der Waals surface area contributed by atoms with Gasteiger partial charge in [-0.2, -0.15) is 0 Å². The zero-order valence-electron chi connectivity index (χ0n) is 15.7. The highest BCUT2D eigenvalue weighted by Gasteiger charge is 2.34. The number of hydrogen-bond acceptors (Lipinski definition) is 3. The zero-order chi connectivity index (χ0) is 19.4. The Morgan fingerprint density at radius 3 is 2.70 bits per heavy atom. The largest absolute Gasteiger partial charge is 0.330 e. The van der Waals surface area contributed by atoms with Gasteiger partial charge in [-0.05, 0) is 42.3 Å². The van der Waals surface area contributed by atoms with E-state index < -0.39 is 0 Å². The third kappa shape index (κ3) is 4.19. The third-order valence-corrected chi connectivity index (χ3v) is 6.49. The van der Waals surface area contributed by atoms with Gasteiger partial charge in [-0.3, -0.25) is 9.59 Å². The van der Waals surface area contributed by atoms with Crippen molar-refractivity contribution >= 4 is 34.8 Å². The van der Waals surface area contributed by atoms with E-state index in [0.717, 1.165) is 18.4 Å². The molecule has 1 aromatic heterocycles. The molecule has 2 aromatic rings. The first-order valence-corrected chi connectivity index (χ1v) is 10.7. The fourth-order valence-electron chi connectivity index (χ4n) is 3.60. The number of benzene rings is 1. The molecule has 2 heterocycles. The van der Waals surface area contributed by atoms with Gasteiger partial charge < -0.3 is 9.80 Å². The van der Waals surface area contributed by atoms with Crippen molar-refractivity contribution in [2.24, 2.45) is 0 Å². The summed E-state index contributed by atoms with van der Waals surface area (Å²) in [6.45, 7) is 4.70. The van der Waals surface area contributed by atoms with Crippen LogP contribution in [0, 0.1) is 0 Å². The van der Waals surface area contributed by atoms with Crippen LogP contribution >= 0.6 is 22.9 Å². The molecule has 0 saturated heterocycles. The molecule has 6 heteroatoms. The number of carbonyl (C=O) groups excluding carboxylic acids is 2. The molecule has 144 valence electrons. The van der Waals surface area contributed by atoms with Gasteiger partial charge in [-0.1, -0.05) is 37.3 Å². The molecule has 2 amide bonds. The number of hydrogen-bond donors (Lipinski definition) is 0. The van der Waals surface area contributed by atoms with Gasteiger partial charge in [0.1, 0.15) is 12.4 Å². The highest BCUT2D eigenvalue weighted by molar-refractivity contribution is 7.10. The number of fused-ring (bicyclic) bond motifs is 1. The van der Waals surface area contributed by atoms with E-state index in [1.807, 2.05) is 36.9 Å². The molecule has 0 fully saturated rings. The lowest BCUT2D eigenvalue weighted by Crippen LogP contribution is -2.49. The van der Waals surface area contributed by atoms with Gasteiger partial charge in [0.05, 0.1) is 6.04 Å². The molecule has 1 aliphatic rings. The summed E-state index contributed by atoms with van der Waals surface area (Å²) in [6, 6.07) is 12.1. The Kier molecular flexibility index (Phi) is 6.55. The molecule has 27 heavy (non-hydrogen) atoms. The number of nitrogens with zero attached hydrogens (tertiary/aromatic N) is 2. The molecular formula is C21H25ClN2O2S. The van der Waals surface area contributed by atoms with Crippen LogP contribution in [0.4, 0.5) is 0 Å². The number of thiophene rings is 1. The first kappa shape index (κ1) is 19.9. The maximum Gasteiger partial charge on any atom is 0.243 e. The van der Waals surface area contributed by atoms with E-state index in [1.54, 1.807) is 16.2 Å². The van der Waals surface area contributed by atoms with Crippen molar-refractivity contribution < 1.29 is 9.59 Å². The molecule has 0 N–H and O–H groups in total. The Labute approximate surface area is 169 Å². The summed E-state index contributed by atoms with van der Waals surface area (Å²) in [7, 11) is 0. The van der Waals surface area contributed by atoms with E-state index in [4.69, 9.17) is 11.6 Å². The first-order valence-electron chi connectivity index (χ1n) is 9.32. The van der Waals surface area contributed by atoms with Crippen LogP contribution in [-0.4, -0.2) is 46.6 Å². The molecule has 2 atom stereocenters. The maximum absolute atomic E-state index is 13.3. The van der Waals surface area contributed by atoms with E-state index in [2.05, 4.69) is 23.6 Å². The van der Waals surface area contributed by atoms with Crippen LogP contribution in [0.5, 0.6) is 0 Å². The quantitative estimate of drug-likeness (QED) is 0.680. The molecular weight excluding hydrogens is 380 g/mol. The van der Waals surface area contributed by atoms with Gasteiger partial charge in [0.2, 0.25) is 11.8 Å². The smallest absolute Gasteiger partial charge is 0.243 e. The lowest BCUT2D eigenvalue weighted by molar-refractivity contribution is -0.142. The second kappa shape index (κ2) is 8.89. The molecule has 0 radical (unpaired) electrons. The van der Waals surface area contributed by atoms with Gasteiger partial charge in [0.25, 0.3) is 0 Å². The summed E-state index contributed by atoms with van der Waals surface area (Å²) in [5.41, 5.74) is 2.30. The lowest BCUT2D eigenvalue weighted by Gasteiger charge is -2.38. The van der Waals surface area contributed by atoms with E-state index in [9.17, 15) is 9.59 Å². The number of alkyl halides is 1. The predicted octanol–water partition coefficient (Wildman–Crippen LogP) is 4.09. The minimum Gasteiger partial charge on any atom is -0.330 e. The van der Waals surface area contributed by atoms with E-state index >= 15 is 0 Å². The van der Waals surface area contributed by atoms with E-state index in [0.29, 0.717) is 6.54 Å². The monoisotopic (exact) mass is 404 g/mol. The van der Waals surface area contributed by atoms with E-state index in [1.165, 1.54) is 10.4 Å². The van der Waals surface area contributed by atoms with Gasteiger partial charge >= 0.3 is 0 Å². The standard InChI is InChI=1S/C21H25ClN2O2S/c1-3-15(2)24(19(25)13-22)14-20(26)23-11-9-18-17(10-12-27-18)21(23)16-7-5-4-6-8-16/h4-8,10,12,15,21H,3,9,11,13-14H2,1-2H3/t15-,21-/m1/s1. The molecule has 1 aliphatic heterocycles. The van der Waals surface area contributed by atoms with Crippen molar-refractivity contribution in [1.82, 2.24) is 9.80 Å². The molecule has 1 aromatic carbocycles. The van der Waals surface area contributed by atoms with Crippen molar-refractivity contribution in [1.29, 1.82) is 0 Å².